The second-order valence-corrected chi connectivity index (χ2v) is 25.3. The molecule has 90 heavy (non-hydrogen) atoms. The van der Waals surface area contributed by atoms with E-state index in [2.05, 4.69) is 19.2 Å². The summed E-state index contributed by atoms with van der Waals surface area (Å²) in [6.07, 6.45) is 42.3. The first-order valence-electron chi connectivity index (χ1n) is 35.9. The number of methoxy groups -OCH3 is 2. The first-order chi connectivity index (χ1) is 44.1. The highest BCUT2D eigenvalue weighted by atomic mass is 16.6. The summed E-state index contributed by atoms with van der Waals surface area (Å²) in [5, 5.41) is 12.2. The predicted molar refractivity (Wildman–Crippen MR) is 362 cm³/mol. The standard InChI is InChI=1S/C76H122N2O12/c1-5-7-9-11-13-15-17-19-21-23-25-27-29-31-33-41-57-86-62-70(87-58-42-34-32-30-28-26-24-22-20-18-16-14-12-10-8-6-2)63-88-75(83)77-56-40-36-39-45-72(79)78-60-69(90-74(82)55-54-73(80)81)59-71(78)76(65-43-37-35-38-44-65,66-48-52-68(85-4)53-49-66)89-61-64-46-50-67(84-3)51-47-64/h35,37-38,43-44,46-53,69-71H,5-34,36,39-42,45,54-63H2,1-4H3,(H,77,83)(H,80,81). The van der Waals surface area contributed by atoms with Crippen molar-refractivity contribution < 1.29 is 57.4 Å². The van der Waals surface area contributed by atoms with E-state index in [0.717, 1.165) is 42.4 Å². The van der Waals surface area contributed by atoms with Crippen LogP contribution in [0.25, 0.3) is 0 Å². The van der Waals surface area contributed by atoms with Crippen LogP contribution < -0.4 is 14.8 Å². The Labute approximate surface area is 544 Å². The summed E-state index contributed by atoms with van der Waals surface area (Å²) in [6.45, 7) is 6.97. The van der Waals surface area contributed by atoms with Crippen molar-refractivity contribution in [1.82, 2.24) is 10.2 Å². The molecule has 14 heteroatoms. The topological polar surface area (TPSA) is 168 Å². The molecule has 1 fully saturated rings. The first kappa shape index (κ1) is 77.3. The molecule has 4 rings (SSSR count). The van der Waals surface area contributed by atoms with Crippen molar-refractivity contribution in [3.8, 4) is 11.5 Å². The van der Waals surface area contributed by atoms with Gasteiger partial charge >= 0.3 is 18.0 Å². The van der Waals surface area contributed by atoms with E-state index in [1.807, 2.05) is 78.9 Å². The van der Waals surface area contributed by atoms with Crippen LogP contribution in [0.3, 0.4) is 0 Å². The Morgan fingerprint density at radius 3 is 1.50 bits per heavy atom. The highest BCUT2D eigenvalue weighted by Crippen LogP contribution is 2.46. The number of hydrogen-bond acceptors (Lipinski definition) is 11. The number of carbonyl (C=O) groups excluding carboxylic acids is 3. The normalized spacial score (nSPS) is 14.9. The van der Waals surface area contributed by atoms with Gasteiger partial charge in [0.15, 0.2) is 0 Å². The van der Waals surface area contributed by atoms with Crippen molar-refractivity contribution >= 4 is 23.9 Å². The largest absolute Gasteiger partial charge is 0.497 e. The van der Waals surface area contributed by atoms with Crippen LogP contribution in [0.1, 0.15) is 281 Å². The Hall–Kier alpha value is -5.18. The van der Waals surface area contributed by atoms with Gasteiger partial charge in [-0.15, -0.1) is 0 Å². The molecule has 0 aliphatic carbocycles. The summed E-state index contributed by atoms with van der Waals surface area (Å²) in [4.78, 5) is 54.1. The van der Waals surface area contributed by atoms with E-state index in [9.17, 15) is 24.3 Å². The highest BCUT2D eigenvalue weighted by Gasteiger charge is 2.53. The first-order valence-corrected chi connectivity index (χ1v) is 35.9. The summed E-state index contributed by atoms with van der Waals surface area (Å²) < 4.78 is 42.4. The van der Waals surface area contributed by atoms with Crippen molar-refractivity contribution in [2.75, 3.05) is 53.7 Å². The number of likely N-dealkylation sites (tertiary alicyclic amines) is 1. The van der Waals surface area contributed by atoms with Crippen LogP contribution >= 0.6 is 0 Å². The van der Waals surface area contributed by atoms with Gasteiger partial charge in [-0.3, -0.25) is 14.4 Å². The number of carbonyl (C=O) groups is 4. The van der Waals surface area contributed by atoms with Gasteiger partial charge in [-0.25, -0.2) is 4.79 Å². The van der Waals surface area contributed by atoms with Gasteiger partial charge in [0.2, 0.25) is 5.91 Å². The van der Waals surface area contributed by atoms with E-state index in [1.165, 1.54) is 180 Å². The lowest BCUT2D eigenvalue weighted by molar-refractivity contribution is -0.152. The SMILES string of the molecule is CCCCCCCCCCCCCCCCCCOCC(COC(=O)NCCCCCC(=O)N1CC(OC(=O)CCC(=O)O)CC1C(OCc1ccc(OC)cc1)(c1ccccc1)c1ccc(OC)cc1)OCCCCCCCCCCCCCCCCCC. The zero-order valence-electron chi connectivity index (χ0n) is 56.6. The van der Waals surface area contributed by atoms with Crippen molar-refractivity contribution in [2.45, 2.75) is 295 Å². The molecule has 1 aliphatic heterocycles. The monoisotopic (exact) mass is 1250 g/mol. The summed E-state index contributed by atoms with van der Waals surface area (Å²) in [5.74, 6) is -0.516. The smallest absolute Gasteiger partial charge is 0.407 e. The average Bonchev–Trinajstić information content (AvgIpc) is 1.43. The zero-order chi connectivity index (χ0) is 64.4. The molecule has 14 nitrogen and oxygen atoms in total. The van der Waals surface area contributed by atoms with Gasteiger partial charge < -0.3 is 48.5 Å². The fourth-order valence-electron chi connectivity index (χ4n) is 12.4. The molecule has 4 unspecified atom stereocenters. The second kappa shape index (κ2) is 50.4. The minimum absolute atomic E-state index is 0.0983. The number of benzene rings is 3. The van der Waals surface area contributed by atoms with Crippen LogP contribution in [0.5, 0.6) is 11.5 Å². The van der Waals surface area contributed by atoms with Crippen molar-refractivity contribution in [1.29, 1.82) is 0 Å². The molecule has 3 aromatic rings. The van der Waals surface area contributed by atoms with Crippen LogP contribution in [0, 0.1) is 0 Å². The molecule has 0 radical (unpaired) electrons. The maximum Gasteiger partial charge on any atom is 0.407 e. The Balaban J connectivity index is 1.26. The van der Waals surface area contributed by atoms with Gasteiger partial charge in [0.05, 0.1) is 52.9 Å². The van der Waals surface area contributed by atoms with E-state index < -0.39 is 35.8 Å². The molecule has 0 saturated carbocycles. The lowest BCUT2D eigenvalue weighted by Gasteiger charge is -2.44. The number of alkyl carbamates (subject to hydrolysis) is 1. The number of nitrogens with zero attached hydrogens (tertiary/aromatic N) is 1. The third-order valence-electron chi connectivity index (χ3n) is 17.8. The summed E-state index contributed by atoms with van der Waals surface area (Å²) in [7, 11) is 3.22. The van der Waals surface area contributed by atoms with Gasteiger partial charge in [0.1, 0.15) is 35.9 Å². The van der Waals surface area contributed by atoms with Gasteiger partial charge in [-0.1, -0.05) is 267 Å². The van der Waals surface area contributed by atoms with E-state index in [1.54, 1.807) is 19.1 Å². The molecule has 3 aromatic carbocycles. The molecule has 0 spiro atoms. The quantitative estimate of drug-likeness (QED) is 0.0406. The number of nitrogens with one attached hydrogen (secondary N) is 1. The molecular weight excluding hydrogens is 1130 g/mol. The number of hydrogen-bond donors (Lipinski definition) is 2. The molecule has 2 N–H and O–H groups in total. The van der Waals surface area contributed by atoms with Crippen LogP contribution in [-0.4, -0.2) is 106 Å². The number of rotatable bonds is 57. The maximum absolute atomic E-state index is 14.7. The summed E-state index contributed by atoms with van der Waals surface area (Å²) >= 11 is 0. The average molecular weight is 1260 g/mol. The van der Waals surface area contributed by atoms with Crippen LogP contribution in [0.2, 0.25) is 0 Å². The summed E-state index contributed by atoms with van der Waals surface area (Å²) in [5.41, 5.74) is 1.19. The highest BCUT2D eigenvalue weighted by molar-refractivity contribution is 5.78. The molecular formula is C76H122N2O12. The van der Waals surface area contributed by atoms with Crippen molar-refractivity contribution in [3.05, 3.63) is 95.6 Å². The van der Waals surface area contributed by atoms with E-state index >= 15 is 0 Å². The molecule has 1 heterocycles. The van der Waals surface area contributed by atoms with Gasteiger partial charge in [0, 0.05) is 32.6 Å². The summed E-state index contributed by atoms with van der Waals surface area (Å²) in [6, 6.07) is 24.4. The number of ether oxygens (including phenoxy) is 7. The molecule has 508 valence electrons. The molecule has 0 bridgehead atoms. The number of carboxylic acid groups (broad SMARTS) is 1. The lowest BCUT2D eigenvalue weighted by atomic mass is 9.78. The van der Waals surface area contributed by atoms with E-state index in [0.29, 0.717) is 57.1 Å². The molecule has 1 aliphatic rings. The van der Waals surface area contributed by atoms with Gasteiger partial charge in [0.25, 0.3) is 0 Å². The maximum atomic E-state index is 14.7. The second-order valence-electron chi connectivity index (χ2n) is 25.3. The zero-order valence-corrected chi connectivity index (χ0v) is 56.6. The predicted octanol–water partition coefficient (Wildman–Crippen LogP) is 18.8. The molecule has 1 saturated heterocycles. The number of carboxylic acids is 1. The Kier molecular flexibility index (Phi) is 43.3. The van der Waals surface area contributed by atoms with Gasteiger partial charge in [-0.2, -0.15) is 0 Å². The van der Waals surface area contributed by atoms with Crippen molar-refractivity contribution in [2.24, 2.45) is 0 Å². The molecule has 2 amide bonds. The molecule has 0 aromatic heterocycles. The Morgan fingerprint density at radius 1 is 0.533 bits per heavy atom. The number of unbranched alkanes of at least 4 members (excludes halogenated alkanes) is 32. The fraction of sp³-hybridized carbons (Fsp3) is 0.711. The van der Waals surface area contributed by atoms with E-state index in [4.69, 9.17) is 33.2 Å². The number of aliphatic carboxylic acids is 1. The molecule has 4 atom stereocenters. The van der Waals surface area contributed by atoms with Crippen molar-refractivity contribution in [3.63, 3.8) is 0 Å². The number of esters is 1. The minimum atomic E-state index is -1.26. The van der Waals surface area contributed by atoms with Crippen LogP contribution in [0.4, 0.5) is 4.79 Å². The third-order valence-corrected chi connectivity index (χ3v) is 17.8. The third kappa shape index (κ3) is 33.4. The minimum Gasteiger partial charge on any atom is -0.497 e. The van der Waals surface area contributed by atoms with Crippen LogP contribution in [0.15, 0.2) is 78.9 Å². The van der Waals surface area contributed by atoms with Crippen LogP contribution in [-0.2, 0) is 50.3 Å². The number of amides is 2. The fourth-order valence-corrected chi connectivity index (χ4v) is 12.4. The Bertz CT molecular complexity index is 2270. The Morgan fingerprint density at radius 2 is 1.00 bits per heavy atom. The lowest BCUT2D eigenvalue weighted by Crippen LogP contribution is -2.52. The van der Waals surface area contributed by atoms with Gasteiger partial charge in [-0.05, 0) is 66.6 Å². The van der Waals surface area contributed by atoms with E-state index in [-0.39, 0.29) is 57.5 Å².